The van der Waals surface area contributed by atoms with Crippen molar-refractivity contribution in [1.82, 2.24) is 9.80 Å². The first-order valence-corrected chi connectivity index (χ1v) is 11.2. The van der Waals surface area contributed by atoms with Gasteiger partial charge in [0.15, 0.2) is 0 Å². The lowest BCUT2D eigenvalue weighted by Gasteiger charge is -2.39. The standard InChI is InChI=1S/C28H30N2O3/c1-32-25-15-13-22(26(21-25)33-2)14-16-27(31)29-17-19-30(20-18-29)28(23-9-5-3-6-10-23)24-11-7-4-8-12-24/h3-16,21,28H,17-20H2,1-2H3/b16-14+. The average Bonchev–Trinajstić information content (AvgIpc) is 2.89. The van der Waals surface area contributed by atoms with E-state index in [9.17, 15) is 4.79 Å². The lowest BCUT2D eigenvalue weighted by atomic mass is 9.96. The molecular weight excluding hydrogens is 412 g/mol. The SMILES string of the molecule is COc1ccc(/C=C/C(=O)N2CCN(C(c3ccccc3)c3ccccc3)CC2)c(OC)c1. The molecule has 0 spiro atoms. The van der Waals surface area contributed by atoms with E-state index in [-0.39, 0.29) is 11.9 Å². The molecule has 4 rings (SSSR count). The van der Waals surface area contributed by atoms with Gasteiger partial charge in [-0.15, -0.1) is 0 Å². The van der Waals surface area contributed by atoms with Crippen molar-refractivity contribution in [3.8, 4) is 11.5 Å². The number of hydrogen-bond donors (Lipinski definition) is 0. The number of piperazine rings is 1. The molecule has 5 heteroatoms. The van der Waals surface area contributed by atoms with Crippen LogP contribution < -0.4 is 9.47 Å². The molecule has 0 bridgehead atoms. The van der Waals surface area contributed by atoms with E-state index < -0.39 is 0 Å². The summed E-state index contributed by atoms with van der Waals surface area (Å²) < 4.78 is 10.7. The van der Waals surface area contributed by atoms with Gasteiger partial charge in [-0.3, -0.25) is 9.69 Å². The summed E-state index contributed by atoms with van der Waals surface area (Å²) in [4.78, 5) is 17.2. The number of rotatable bonds is 7. The Labute approximate surface area is 195 Å². The molecule has 0 unspecified atom stereocenters. The molecular formula is C28H30N2O3. The Bertz CT molecular complexity index is 1040. The summed E-state index contributed by atoms with van der Waals surface area (Å²) in [7, 11) is 3.23. The maximum atomic E-state index is 12.9. The number of hydrogen-bond acceptors (Lipinski definition) is 4. The minimum atomic E-state index is 0.0171. The molecule has 3 aromatic rings. The molecule has 5 nitrogen and oxygen atoms in total. The third-order valence-corrected chi connectivity index (χ3v) is 6.07. The Morgan fingerprint density at radius 3 is 1.97 bits per heavy atom. The van der Waals surface area contributed by atoms with Crippen LogP contribution in [0.4, 0.5) is 0 Å². The van der Waals surface area contributed by atoms with Gasteiger partial charge in [0.25, 0.3) is 0 Å². The minimum absolute atomic E-state index is 0.0171. The first kappa shape index (κ1) is 22.6. The van der Waals surface area contributed by atoms with Crippen LogP contribution in [0.3, 0.4) is 0 Å². The van der Waals surface area contributed by atoms with E-state index in [0.717, 1.165) is 24.4 Å². The van der Waals surface area contributed by atoms with Gasteiger partial charge in [0.05, 0.1) is 20.3 Å². The Kier molecular flexibility index (Phi) is 7.43. The Morgan fingerprint density at radius 2 is 1.42 bits per heavy atom. The lowest BCUT2D eigenvalue weighted by molar-refractivity contribution is -0.127. The van der Waals surface area contributed by atoms with Crippen molar-refractivity contribution < 1.29 is 14.3 Å². The zero-order chi connectivity index (χ0) is 23.0. The molecule has 1 amide bonds. The Hall–Kier alpha value is -3.57. The summed E-state index contributed by atoms with van der Waals surface area (Å²) in [6, 6.07) is 26.9. The van der Waals surface area contributed by atoms with Crippen molar-refractivity contribution in [2.45, 2.75) is 6.04 Å². The number of ether oxygens (including phenoxy) is 2. The van der Waals surface area contributed by atoms with Crippen LogP contribution in [0.5, 0.6) is 11.5 Å². The lowest BCUT2D eigenvalue weighted by Crippen LogP contribution is -2.49. The maximum absolute atomic E-state index is 12.9. The predicted octanol–water partition coefficient (Wildman–Crippen LogP) is 4.65. The fraction of sp³-hybridized carbons (Fsp3) is 0.250. The molecule has 33 heavy (non-hydrogen) atoms. The molecule has 1 aliphatic rings. The highest BCUT2D eigenvalue weighted by atomic mass is 16.5. The van der Waals surface area contributed by atoms with Gasteiger partial charge in [0.1, 0.15) is 11.5 Å². The Morgan fingerprint density at radius 1 is 0.818 bits per heavy atom. The van der Waals surface area contributed by atoms with Crippen LogP contribution in [0.15, 0.2) is 84.9 Å². The van der Waals surface area contributed by atoms with E-state index in [1.165, 1.54) is 11.1 Å². The van der Waals surface area contributed by atoms with Crippen molar-refractivity contribution in [2.75, 3.05) is 40.4 Å². The predicted molar refractivity (Wildman–Crippen MR) is 131 cm³/mol. The molecule has 1 saturated heterocycles. The van der Waals surface area contributed by atoms with E-state index in [1.807, 2.05) is 41.3 Å². The molecule has 3 aromatic carbocycles. The number of carbonyl (C=O) groups excluding carboxylic acids is 1. The molecule has 1 aliphatic heterocycles. The van der Waals surface area contributed by atoms with Gasteiger partial charge in [0, 0.05) is 43.9 Å². The molecule has 0 aromatic heterocycles. The fourth-order valence-corrected chi connectivity index (χ4v) is 4.31. The van der Waals surface area contributed by atoms with Gasteiger partial charge in [-0.05, 0) is 29.3 Å². The summed E-state index contributed by atoms with van der Waals surface area (Å²) >= 11 is 0. The van der Waals surface area contributed by atoms with Crippen LogP contribution in [0.2, 0.25) is 0 Å². The van der Waals surface area contributed by atoms with Gasteiger partial charge in [-0.2, -0.15) is 0 Å². The molecule has 0 saturated carbocycles. The monoisotopic (exact) mass is 442 g/mol. The second-order valence-electron chi connectivity index (χ2n) is 8.03. The number of carbonyl (C=O) groups is 1. The number of methoxy groups -OCH3 is 2. The zero-order valence-corrected chi connectivity index (χ0v) is 19.2. The van der Waals surface area contributed by atoms with Gasteiger partial charge < -0.3 is 14.4 Å². The van der Waals surface area contributed by atoms with Crippen LogP contribution in [-0.2, 0) is 4.79 Å². The highest BCUT2D eigenvalue weighted by molar-refractivity contribution is 5.92. The highest BCUT2D eigenvalue weighted by Crippen LogP contribution is 2.30. The zero-order valence-electron chi connectivity index (χ0n) is 19.2. The number of amides is 1. The van der Waals surface area contributed by atoms with Crippen molar-refractivity contribution in [3.63, 3.8) is 0 Å². The summed E-state index contributed by atoms with van der Waals surface area (Å²) in [6.45, 7) is 3.03. The molecule has 1 fully saturated rings. The summed E-state index contributed by atoms with van der Waals surface area (Å²) in [6.07, 6.45) is 3.44. The van der Waals surface area contributed by atoms with Gasteiger partial charge >= 0.3 is 0 Å². The topological polar surface area (TPSA) is 42.0 Å². The first-order valence-electron chi connectivity index (χ1n) is 11.2. The normalized spacial score (nSPS) is 14.6. The van der Waals surface area contributed by atoms with E-state index in [2.05, 4.69) is 53.4 Å². The molecule has 0 atom stereocenters. The van der Waals surface area contributed by atoms with E-state index in [0.29, 0.717) is 18.8 Å². The number of nitrogens with zero attached hydrogens (tertiary/aromatic N) is 2. The fourth-order valence-electron chi connectivity index (χ4n) is 4.31. The third kappa shape index (κ3) is 5.44. The summed E-state index contributed by atoms with van der Waals surface area (Å²) in [5, 5.41) is 0. The molecule has 0 radical (unpaired) electrons. The van der Waals surface area contributed by atoms with E-state index in [1.54, 1.807) is 20.3 Å². The van der Waals surface area contributed by atoms with Crippen LogP contribution in [0.25, 0.3) is 6.08 Å². The minimum Gasteiger partial charge on any atom is -0.497 e. The van der Waals surface area contributed by atoms with Gasteiger partial charge in [-0.25, -0.2) is 0 Å². The molecule has 0 aliphatic carbocycles. The van der Waals surface area contributed by atoms with Crippen molar-refractivity contribution >= 4 is 12.0 Å². The smallest absolute Gasteiger partial charge is 0.246 e. The number of benzene rings is 3. The average molecular weight is 443 g/mol. The van der Waals surface area contributed by atoms with E-state index in [4.69, 9.17) is 9.47 Å². The van der Waals surface area contributed by atoms with Crippen LogP contribution in [0.1, 0.15) is 22.7 Å². The molecule has 0 N–H and O–H groups in total. The summed E-state index contributed by atoms with van der Waals surface area (Å²) in [5.41, 5.74) is 3.39. The third-order valence-electron chi connectivity index (χ3n) is 6.07. The van der Waals surface area contributed by atoms with Gasteiger partial charge in [-0.1, -0.05) is 60.7 Å². The van der Waals surface area contributed by atoms with Crippen molar-refractivity contribution in [3.05, 3.63) is 102 Å². The highest BCUT2D eigenvalue weighted by Gasteiger charge is 2.27. The van der Waals surface area contributed by atoms with Crippen LogP contribution in [-0.4, -0.2) is 56.1 Å². The molecule has 170 valence electrons. The van der Waals surface area contributed by atoms with Crippen LogP contribution in [0, 0.1) is 0 Å². The van der Waals surface area contributed by atoms with E-state index >= 15 is 0 Å². The second-order valence-corrected chi connectivity index (χ2v) is 8.03. The van der Waals surface area contributed by atoms with Crippen molar-refractivity contribution in [1.29, 1.82) is 0 Å². The second kappa shape index (κ2) is 10.8. The maximum Gasteiger partial charge on any atom is 0.246 e. The first-order chi connectivity index (χ1) is 16.2. The van der Waals surface area contributed by atoms with Gasteiger partial charge in [0.2, 0.25) is 5.91 Å². The van der Waals surface area contributed by atoms with Crippen LogP contribution >= 0.6 is 0 Å². The summed E-state index contributed by atoms with van der Waals surface area (Å²) in [5.74, 6) is 1.41. The largest absolute Gasteiger partial charge is 0.497 e. The van der Waals surface area contributed by atoms with Crippen molar-refractivity contribution in [2.24, 2.45) is 0 Å². The quantitative estimate of drug-likeness (QED) is 0.500. The Balaban J connectivity index is 1.43. The molecule has 1 heterocycles.